The lowest BCUT2D eigenvalue weighted by Crippen LogP contribution is -2.57. The maximum Gasteiger partial charge on any atom is 0.244 e. The van der Waals surface area contributed by atoms with Crippen molar-refractivity contribution in [2.24, 2.45) is 5.73 Å². The zero-order chi connectivity index (χ0) is 40.8. The van der Waals surface area contributed by atoms with Crippen LogP contribution in [0.3, 0.4) is 0 Å². The molecule has 0 saturated carbocycles. The molecule has 306 valence electrons. The third-order valence-corrected chi connectivity index (χ3v) is 10.8. The first kappa shape index (κ1) is 50.9. The van der Waals surface area contributed by atoms with Gasteiger partial charge in [-0.15, -0.1) is 0 Å². The number of primary amides is 1. The number of amides is 4. The predicted molar refractivity (Wildman–Crippen MR) is 224 cm³/mol. The van der Waals surface area contributed by atoms with Crippen molar-refractivity contribution in [3.05, 3.63) is 72.9 Å². The maximum atomic E-state index is 13.2. The largest absolute Gasteiger partial charge is 0.394 e. The second-order valence-electron chi connectivity index (χ2n) is 14.4. The van der Waals surface area contributed by atoms with Crippen LogP contribution in [0.2, 0.25) is 0 Å². The number of carbonyl (C=O) groups excluding carboxylic acids is 4. The number of aliphatic hydroxyl groups is 3. The Morgan fingerprint density at radius 1 is 0.759 bits per heavy atom. The lowest BCUT2D eigenvalue weighted by atomic mass is 10.0. The van der Waals surface area contributed by atoms with Crippen LogP contribution in [0.4, 0.5) is 0 Å². The summed E-state index contributed by atoms with van der Waals surface area (Å²) in [5.41, 5.74) is 5.58. The highest BCUT2D eigenvalue weighted by Gasteiger charge is 2.38. The number of nitrogens with two attached hydrogens (primary N) is 1. The fraction of sp³-hybridized carbons (Fsp3) is 0.600. The van der Waals surface area contributed by atoms with Crippen molar-refractivity contribution < 1.29 is 39.0 Å². The van der Waals surface area contributed by atoms with Gasteiger partial charge in [0.05, 0.1) is 40.3 Å². The molecule has 0 aliphatic heterocycles. The van der Waals surface area contributed by atoms with Crippen LogP contribution >= 0.6 is 21.6 Å². The van der Waals surface area contributed by atoms with Crippen molar-refractivity contribution in [3.63, 3.8) is 0 Å². The standard InChI is InChI=1S/C40H67N5O7S2/c1-7-8-9-10-11-12-13-14-15-16-17-18-19-20-21-22-23-24-25-26-35(49)43-34(38(41)51)31-53-54-40(2,3)37(39(52)42-28-33(48)30-46)44-36(50)27-32(47)29-45(4,5)6/h8-9,11-12,14-15,17-18,20-21,23-24,32-34,37,46-48H,7,10,13,16,19,22,25-31H2,1-6H3,(H4-,41,42,43,44,49,50,51,52)/p+1/b9-8-,12-11-,15-14-,18-17-,21-20-,24-23-. The normalized spacial score (nSPS) is 15.1. The third-order valence-electron chi connectivity index (χ3n) is 7.49. The smallest absolute Gasteiger partial charge is 0.244 e. The van der Waals surface area contributed by atoms with Crippen molar-refractivity contribution in [1.82, 2.24) is 16.0 Å². The van der Waals surface area contributed by atoms with E-state index in [2.05, 4.69) is 83.6 Å². The van der Waals surface area contributed by atoms with E-state index in [4.69, 9.17) is 10.8 Å². The van der Waals surface area contributed by atoms with Gasteiger partial charge in [0.15, 0.2) is 0 Å². The number of aliphatic hydroxyl groups excluding tert-OH is 3. The Bertz CT molecular complexity index is 1280. The number of likely N-dealkylation sites (N-methyl/N-ethyl adjacent to an activating group) is 1. The van der Waals surface area contributed by atoms with Crippen LogP contribution in [-0.2, 0) is 19.2 Å². The molecule has 0 aliphatic rings. The van der Waals surface area contributed by atoms with Crippen LogP contribution in [0, 0.1) is 0 Å². The molecular formula is C40H68N5O7S2+. The van der Waals surface area contributed by atoms with E-state index in [1.807, 2.05) is 33.3 Å². The molecule has 0 radical (unpaired) electrons. The van der Waals surface area contributed by atoms with Gasteiger partial charge in [-0.05, 0) is 58.8 Å². The van der Waals surface area contributed by atoms with Crippen molar-refractivity contribution in [2.45, 2.75) is 108 Å². The first-order valence-corrected chi connectivity index (χ1v) is 21.0. The number of nitrogens with one attached hydrogen (secondary N) is 3. The Morgan fingerprint density at radius 2 is 1.26 bits per heavy atom. The van der Waals surface area contributed by atoms with Crippen molar-refractivity contribution in [2.75, 3.05) is 46.6 Å². The van der Waals surface area contributed by atoms with Gasteiger partial charge >= 0.3 is 0 Å². The number of carbonyl (C=O) groups is 4. The van der Waals surface area contributed by atoms with Gasteiger partial charge in [-0.1, -0.05) is 101 Å². The summed E-state index contributed by atoms with van der Waals surface area (Å²) in [5.74, 6) is -2.03. The first-order valence-electron chi connectivity index (χ1n) is 18.7. The van der Waals surface area contributed by atoms with Crippen LogP contribution in [0.1, 0.15) is 78.6 Å². The second kappa shape index (κ2) is 30.1. The quantitative estimate of drug-likeness (QED) is 0.0320. The number of quaternary nitrogens is 1. The minimum atomic E-state index is -1.18. The lowest BCUT2D eigenvalue weighted by Gasteiger charge is -2.34. The molecule has 0 aromatic heterocycles. The number of hydrogen-bond acceptors (Lipinski definition) is 9. The molecule has 0 aromatic rings. The van der Waals surface area contributed by atoms with Gasteiger partial charge in [0.1, 0.15) is 24.7 Å². The molecule has 14 heteroatoms. The highest BCUT2D eigenvalue weighted by Crippen LogP contribution is 2.38. The Kier molecular flexibility index (Phi) is 28.4. The van der Waals surface area contributed by atoms with E-state index in [0.29, 0.717) is 17.4 Å². The zero-order valence-corrected chi connectivity index (χ0v) is 34.9. The molecule has 4 amide bonds. The van der Waals surface area contributed by atoms with Crippen molar-refractivity contribution >= 4 is 45.2 Å². The molecule has 8 N–H and O–H groups in total. The fourth-order valence-corrected chi connectivity index (χ4v) is 7.52. The summed E-state index contributed by atoms with van der Waals surface area (Å²) in [4.78, 5) is 50.8. The van der Waals surface area contributed by atoms with E-state index in [1.165, 1.54) is 21.6 Å². The van der Waals surface area contributed by atoms with Gasteiger partial charge < -0.3 is 41.5 Å². The number of allylic oxidation sites excluding steroid dienone is 12. The summed E-state index contributed by atoms with van der Waals surface area (Å²) < 4.78 is -0.517. The number of rotatable bonds is 30. The van der Waals surface area contributed by atoms with Crippen LogP contribution in [-0.4, -0.2) is 119 Å². The molecule has 0 spiro atoms. The average Bonchev–Trinajstić information content (AvgIpc) is 3.08. The SMILES string of the molecule is CC/C=C\C/C=C\C/C=C\C/C=C\C/C=C\C/C=C\CCC(=O)NC(CSSC(C)(C)C(NC(=O)CC(O)C[N+](C)(C)C)C(=O)NCC(O)CO)C(N)=O. The summed E-state index contributed by atoms with van der Waals surface area (Å²) in [6, 6.07) is -2.06. The van der Waals surface area contributed by atoms with Crippen molar-refractivity contribution in [3.8, 4) is 0 Å². The highest BCUT2D eigenvalue weighted by atomic mass is 33.1. The fourth-order valence-electron chi connectivity index (χ4n) is 4.69. The van der Waals surface area contributed by atoms with Crippen LogP contribution < -0.4 is 21.7 Å². The molecule has 4 unspecified atom stereocenters. The molecule has 0 aliphatic carbocycles. The van der Waals surface area contributed by atoms with Gasteiger partial charge in [0.2, 0.25) is 23.6 Å². The van der Waals surface area contributed by atoms with E-state index in [9.17, 15) is 29.4 Å². The number of hydrogen-bond donors (Lipinski definition) is 7. The highest BCUT2D eigenvalue weighted by molar-refractivity contribution is 8.77. The summed E-state index contributed by atoms with van der Waals surface area (Å²) in [5, 5.41) is 37.2. The zero-order valence-electron chi connectivity index (χ0n) is 33.2. The molecule has 54 heavy (non-hydrogen) atoms. The third kappa shape index (κ3) is 28.3. The maximum absolute atomic E-state index is 13.2. The molecule has 12 nitrogen and oxygen atoms in total. The molecule has 0 fully saturated rings. The summed E-state index contributed by atoms with van der Waals surface area (Å²) in [6.07, 6.45) is 29.3. The van der Waals surface area contributed by atoms with Crippen LogP contribution in [0.15, 0.2) is 72.9 Å². The lowest BCUT2D eigenvalue weighted by molar-refractivity contribution is -0.873. The van der Waals surface area contributed by atoms with E-state index < -0.39 is 53.4 Å². The first-order chi connectivity index (χ1) is 25.5. The van der Waals surface area contributed by atoms with E-state index >= 15 is 0 Å². The Morgan fingerprint density at radius 3 is 1.72 bits per heavy atom. The van der Waals surface area contributed by atoms with Crippen molar-refractivity contribution in [1.29, 1.82) is 0 Å². The van der Waals surface area contributed by atoms with Gasteiger partial charge in [-0.25, -0.2) is 0 Å². The predicted octanol–water partition coefficient (Wildman–Crippen LogP) is 4.01. The summed E-state index contributed by atoms with van der Waals surface area (Å²) >= 11 is 0. The molecule has 0 rings (SSSR count). The van der Waals surface area contributed by atoms with E-state index in [0.717, 1.165) is 38.5 Å². The van der Waals surface area contributed by atoms with Gasteiger partial charge in [-0.2, -0.15) is 0 Å². The Labute approximate surface area is 331 Å². The molecule has 0 aromatic carbocycles. The molecule has 0 bridgehead atoms. The minimum Gasteiger partial charge on any atom is -0.394 e. The van der Waals surface area contributed by atoms with Crippen LogP contribution in [0.25, 0.3) is 0 Å². The molecule has 0 heterocycles. The minimum absolute atomic E-state index is 0.114. The topological polar surface area (TPSA) is 191 Å². The van der Waals surface area contributed by atoms with E-state index in [-0.39, 0.29) is 31.0 Å². The second-order valence-corrected chi connectivity index (χ2v) is 17.4. The van der Waals surface area contributed by atoms with Gasteiger partial charge in [0.25, 0.3) is 0 Å². The van der Waals surface area contributed by atoms with Crippen LogP contribution in [0.5, 0.6) is 0 Å². The monoisotopic (exact) mass is 794 g/mol. The summed E-state index contributed by atoms with van der Waals surface area (Å²) in [7, 11) is 8.08. The molecular weight excluding hydrogens is 727 g/mol. The number of nitrogens with zero attached hydrogens (tertiary/aromatic N) is 1. The summed E-state index contributed by atoms with van der Waals surface area (Å²) in [6.45, 7) is 5.13. The molecule has 4 atom stereocenters. The van der Waals surface area contributed by atoms with Gasteiger partial charge in [-0.3, -0.25) is 19.2 Å². The molecule has 0 saturated heterocycles. The Hall–Kier alpha value is -3.14. The Balaban J connectivity index is 4.81. The van der Waals surface area contributed by atoms with E-state index in [1.54, 1.807) is 13.8 Å². The van der Waals surface area contributed by atoms with Gasteiger partial charge in [0, 0.05) is 23.5 Å². The average molecular weight is 795 g/mol.